The minimum atomic E-state index is -0.131. The number of rotatable bonds is 5. The fourth-order valence-electron chi connectivity index (χ4n) is 2.39. The normalized spacial score (nSPS) is 11.2. The van der Waals surface area contributed by atoms with Gasteiger partial charge in [0, 0.05) is 28.5 Å². The summed E-state index contributed by atoms with van der Waals surface area (Å²) in [6.45, 7) is 2.39. The zero-order valence-electron chi connectivity index (χ0n) is 13.5. The van der Waals surface area contributed by atoms with Crippen LogP contribution >= 0.6 is 23.2 Å². The third-order valence-corrected chi connectivity index (χ3v) is 4.35. The molecule has 1 aromatic carbocycles. The quantitative estimate of drug-likeness (QED) is 0.476. The van der Waals surface area contributed by atoms with Gasteiger partial charge in [-0.2, -0.15) is 5.10 Å². The fraction of sp³-hybridized carbons (Fsp3) is 0.105. The van der Waals surface area contributed by atoms with Crippen molar-refractivity contribution in [3.05, 3.63) is 87.4 Å². The highest BCUT2D eigenvalue weighted by Crippen LogP contribution is 2.23. The third-order valence-electron chi connectivity index (χ3n) is 3.70. The Kier molecular flexibility index (Phi) is 5.31. The maximum absolute atomic E-state index is 12.2. The smallest absolute Gasteiger partial charge is 0.187 e. The fourth-order valence-corrected chi connectivity index (χ4v) is 2.81. The van der Waals surface area contributed by atoms with Crippen molar-refractivity contribution in [3.8, 4) is 0 Å². The van der Waals surface area contributed by atoms with Crippen LogP contribution in [0.15, 0.2) is 54.9 Å². The number of hydrogen-bond acceptors (Lipinski definition) is 3. The average Bonchev–Trinajstić information content (AvgIpc) is 2.89. The molecule has 0 radical (unpaired) electrons. The molecule has 4 nitrogen and oxygen atoms in total. The zero-order chi connectivity index (χ0) is 17.8. The summed E-state index contributed by atoms with van der Waals surface area (Å²) in [4.78, 5) is 16.1. The predicted octanol–water partition coefficient (Wildman–Crippen LogP) is 4.84. The van der Waals surface area contributed by atoms with Gasteiger partial charge in [-0.25, -0.2) is 4.68 Å². The van der Waals surface area contributed by atoms with Gasteiger partial charge >= 0.3 is 0 Å². The van der Waals surface area contributed by atoms with Gasteiger partial charge in [0.25, 0.3) is 0 Å². The molecule has 0 N–H and O–H groups in total. The number of carbonyl (C=O) groups excluding carboxylic acids is 1. The second kappa shape index (κ2) is 7.64. The monoisotopic (exact) mass is 371 g/mol. The molecule has 2 heterocycles. The molecule has 2 aromatic heterocycles. The van der Waals surface area contributed by atoms with E-state index in [-0.39, 0.29) is 5.78 Å². The topological polar surface area (TPSA) is 47.8 Å². The Morgan fingerprint density at radius 1 is 1.20 bits per heavy atom. The number of halogens is 2. The van der Waals surface area contributed by atoms with Gasteiger partial charge in [0.1, 0.15) is 5.15 Å². The van der Waals surface area contributed by atoms with Crippen LogP contribution in [0.1, 0.15) is 27.2 Å². The Morgan fingerprint density at radius 3 is 2.64 bits per heavy atom. The molecule has 6 heteroatoms. The van der Waals surface area contributed by atoms with E-state index in [9.17, 15) is 4.79 Å². The number of pyridine rings is 1. The molecule has 0 saturated carbocycles. The Labute approximate surface area is 155 Å². The van der Waals surface area contributed by atoms with Crippen LogP contribution in [0, 0.1) is 6.92 Å². The van der Waals surface area contributed by atoms with E-state index in [1.165, 1.54) is 12.3 Å². The van der Waals surface area contributed by atoms with Crippen LogP contribution in [0.4, 0.5) is 0 Å². The lowest BCUT2D eigenvalue weighted by Crippen LogP contribution is -2.01. The van der Waals surface area contributed by atoms with Gasteiger partial charge in [-0.3, -0.25) is 9.78 Å². The number of benzene rings is 1. The molecule has 3 aromatic rings. The molecule has 0 amide bonds. The second-order valence-corrected chi connectivity index (χ2v) is 6.31. The molecule has 25 heavy (non-hydrogen) atoms. The SMILES string of the molecule is Cc1nn(Cc2ccc(Cl)cc2)c(Cl)c1/C=C/C(=O)c1cccnc1. The van der Waals surface area contributed by atoms with Gasteiger partial charge in [-0.1, -0.05) is 35.3 Å². The van der Waals surface area contributed by atoms with Crippen LogP contribution in [-0.4, -0.2) is 20.5 Å². The average molecular weight is 372 g/mol. The number of aryl methyl sites for hydroxylation is 1. The molecule has 0 atom stereocenters. The Balaban J connectivity index is 1.81. The van der Waals surface area contributed by atoms with Crippen LogP contribution in [0.5, 0.6) is 0 Å². The van der Waals surface area contributed by atoms with E-state index in [4.69, 9.17) is 23.2 Å². The standard InChI is InChI=1S/C19H15Cl2N3O/c1-13-17(8-9-18(25)15-3-2-10-22-11-15)19(21)24(23-13)12-14-4-6-16(20)7-5-14/h2-11H,12H2,1H3/b9-8+. The van der Waals surface area contributed by atoms with E-state index >= 15 is 0 Å². The molecule has 0 aliphatic rings. The minimum Gasteiger partial charge on any atom is -0.289 e. The summed E-state index contributed by atoms with van der Waals surface area (Å²) in [6, 6.07) is 11.0. The molecule has 0 bridgehead atoms. The second-order valence-electron chi connectivity index (χ2n) is 5.51. The molecule has 3 rings (SSSR count). The first-order chi connectivity index (χ1) is 12.0. The number of aromatic nitrogens is 3. The van der Waals surface area contributed by atoms with Crippen LogP contribution in [-0.2, 0) is 6.54 Å². The maximum Gasteiger partial charge on any atom is 0.187 e. The van der Waals surface area contributed by atoms with Crippen molar-refractivity contribution < 1.29 is 4.79 Å². The Hall–Kier alpha value is -2.43. The van der Waals surface area contributed by atoms with Crippen LogP contribution < -0.4 is 0 Å². The molecular formula is C19H15Cl2N3O. The van der Waals surface area contributed by atoms with Gasteiger partial charge < -0.3 is 0 Å². The first kappa shape index (κ1) is 17.4. The summed E-state index contributed by atoms with van der Waals surface area (Å²) >= 11 is 12.3. The van der Waals surface area contributed by atoms with E-state index in [0.29, 0.717) is 22.3 Å². The van der Waals surface area contributed by atoms with Gasteiger partial charge in [0.15, 0.2) is 5.78 Å². The van der Waals surface area contributed by atoms with Gasteiger partial charge in [0.05, 0.1) is 12.2 Å². The first-order valence-corrected chi connectivity index (χ1v) is 8.40. The van der Waals surface area contributed by atoms with Crippen LogP contribution in [0.2, 0.25) is 10.2 Å². The van der Waals surface area contributed by atoms with Crippen LogP contribution in [0.3, 0.4) is 0 Å². The van der Waals surface area contributed by atoms with Crippen molar-refractivity contribution in [1.29, 1.82) is 0 Å². The largest absolute Gasteiger partial charge is 0.289 e. The molecular weight excluding hydrogens is 357 g/mol. The van der Waals surface area contributed by atoms with Crippen molar-refractivity contribution in [2.45, 2.75) is 13.5 Å². The third kappa shape index (κ3) is 4.16. The maximum atomic E-state index is 12.2. The zero-order valence-corrected chi connectivity index (χ0v) is 15.0. The lowest BCUT2D eigenvalue weighted by Gasteiger charge is -2.03. The molecule has 0 aliphatic heterocycles. The summed E-state index contributed by atoms with van der Waals surface area (Å²) in [7, 11) is 0. The highest BCUT2D eigenvalue weighted by atomic mass is 35.5. The molecule has 0 fully saturated rings. The molecule has 0 unspecified atom stereocenters. The van der Waals surface area contributed by atoms with Crippen molar-refractivity contribution in [1.82, 2.24) is 14.8 Å². The number of hydrogen-bond donors (Lipinski definition) is 0. The predicted molar refractivity (Wildman–Crippen MR) is 100 cm³/mol. The van der Waals surface area contributed by atoms with Crippen LogP contribution in [0.25, 0.3) is 6.08 Å². The van der Waals surface area contributed by atoms with E-state index < -0.39 is 0 Å². The first-order valence-electron chi connectivity index (χ1n) is 7.64. The van der Waals surface area contributed by atoms with E-state index in [1.54, 1.807) is 29.1 Å². The molecule has 0 aliphatic carbocycles. The highest BCUT2D eigenvalue weighted by Gasteiger charge is 2.12. The summed E-state index contributed by atoms with van der Waals surface area (Å²) in [5, 5.41) is 5.63. The summed E-state index contributed by atoms with van der Waals surface area (Å²) in [5.74, 6) is -0.131. The lowest BCUT2D eigenvalue weighted by molar-refractivity contribution is 0.104. The van der Waals surface area contributed by atoms with Crippen molar-refractivity contribution in [2.24, 2.45) is 0 Å². The summed E-state index contributed by atoms with van der Waals surface area (Å²) in [6.07, 6.45) is 6.34. The highest BCUT2D eigenvalue weighted by molar-refractivity contribution is 6.31. The number of carbonyl (C=O) groups is 1. The number of ketones is 1. The van der Waals surface area contributed by atoms with E-state index in [1.807, 2.05) is 31.2 Å². The van der Waals surface area contributed by atoms with Crippen molar-refractivity contribution in [3.63, 3.8) is 0 Å². The molecule has 0 saturated heterocycles. The molecule has 0 spiro atoms. The number of nitrogens with zero attached hydrogens (tertiary/aromatic N) is 3. The minimum absolute atomic E-state index is 0.131. The number of allylic oxidation sites excluding steroid dienone is 1. The van der Waals surface area contributed by atoms with Gasteiger partial charge in [0.2, 0.25) is 0 Å². The summed E-state index contributed by atoms with van der Waals surface area (Å²) in [5.41, 5.74) is 3.05. The Morgan fingerprint density at radius 2 is 1.96 bits per heavy atom. The van der Waals surface area contributed by atoms with Crippen molar-refractivity contribution in [2.75, 3.05) is 0 Å². The van der Waals surface area contributed by atoms with Crippen molar-refractivity contribution >= 4 is 35.1 Å². The lowest BCUT2D eigenvalue weighted by atomic mass is 10.1. The van der Waals surface area contributed by atoms with Gasteiger partial charge in [-0.15, -0.1) is 0 Å². The van der Waals surface area contributed by atoms with E-state index in [2.05, 4.69) is 10.1 Å². The molecule has 126 valence electrons. The van der Waals surface area contributed by atoms with Gasteiger partial charge in [-0.05, 0) is 48.9 Å². The van der Waals surface area contributed by atoms with E-state index in [0.717, 1.165) is 16.8 Å². The Bertz CT molecular complexity index is 916. The summed E-state index contributed by atoms with van der Waals surface area (Å²) < 4.78 is 1.70.